The number of carbonyl (C=O) groups excluding carboxylic acids is 1. The molecule has 25 heavy (non-hydrogen) atoms. The van der Waals surface area contributed by atoms with E-state index in [-0.39, 0.29) is 16.9 Å². The SMILES string of the molecule is NS(=O)(=O)c1ccc(C(=O)NCCc2noc([C@H]3CCCO3)n2)cc1. The van der Waals surface area contributed by atoms with Gasteiger partial charge in [-0.25, -0.2) is 13.6 Å². The third-order valence-corrected chi connectivity index (χ3v) is 4.70. The van der Waals surface area contributed by atoms with E-state index in [1.165, 1.54) is 24.3 Å². The summed E-state index contributed by atoms with van der Waals surface area (Å²) in [5.41, 5.74) is 0.334. The first kappa shape index (κ1) is 17.5. The zero-order chi connectivity index (χ0) is 17.9. The standard InChI is InChI=1S/C15H18N4O5S/c16-25(21,22)11-5-3-10(4-6-11)14(20)17-8-7-13-18-15(24-19-13)12-2-1-9-23-12/h3-6,12H,1-2,7-9H2,(H,17,20)(H2,16,21,22)/t12-/m1/s1. The summed E-state index contributed by atoms with van der Waals surface area (Å²) in [7, 11) is -3.77. The largest absolute Gasteiger partial charge is 0.368 e. The molecule has 3 rings (SSSR count). The fraction of sp³-hybridized carbons (Fsp3) is 0.400. The van der Waals surface area contributed by atoms with E-state index in [0.29, 0.717) is 36.9 Å². The van der Waals surface area contributed by atoms with E-state index in [4.69, 9.17) is 14.4 Å². The van der Waals surface area contributed by atoms with Crippen LogP contribution >= 0.6 is 0 Å². The Hall–Kier alpha value is -2.30. The van der Waals surface area contributed by atoms with E-state index in [1.807, 2.05) is 0 Å². The van der Waals surface area contributed by atoms with Crippen molar-refractivity contribution in [1.29, 1.82) is 0 Å². The minimum atomic E-state index is -3.77. The van der Waals surface area contributed by atoms with Crippen LogP contribution in [-0.2, 0) is 21.2 Å². The van der Waals surface area contributed by atoms with E-state index in [9.17, 15) is 13.2 Å². The summed E-state index contributed by atoms with van der Waals surface area (Å²) in [5, 5.41) is 11.6. The summed E-state index contributed by atoms with van der Waals surface area (Å²) in [4.78, 5) is 16.3. The first-order chi connectivity index (χ1) is 11.9. The third-order valence-electron chi connectivity index (χ3n) is 3.77. The number of benzene rings is 1. The van der Waals surface area contributed by atoms with Gasteiger partial charge >= 0.3 is 0 Å². The molecule has 2 heterocycles. The average Bonchev–Trinajstić information content (AvgIpc) is 3.25. The van der Waals surface area contributed by atoms with Crippen LogP contribution < -0.4 is 10.5 Å². The molecule has 0 aliphatic carbocycles. The quantitative estimate of drug-likeness (QED) is 0.761. The molecule has 3 N–H and O–H groups in total. The molecule has 1 aliphatic heterocycles. The van der Waals surface area contributed by atoms with E-state index in [0.717, 1.165) is 12.8 Å². The lowest BCUT2D eigenvalue weighted by Gasteiger charge is -2.04. The molecule has 1 amide bonds. The second kappa shape index (κ2) is 7.30. The van der Waals surface area contributed by atoms with Gasteiger partial charge in [0.2, 0.25) is 10.0 Å². The van der Waals surface area contributed by atoms with Gasteiger partial charge < -0.3 is 14.6 Å². The molecule has 2 aromatic rings. The highest BCUT2D eigenvalue weighted by atomic mass is 32.2. The Kier molecular flexibility index (Phi) is 5.11. The number of rotatable bonds is 6. The first-order valence-corrected chi connectivity index (χ1v) is 9.33. The molecule has 0 bridgehead atoms. The van der Waals surface area contributed by atoms with Gasteiger partial charge in [0.05, 0.1) is 4.90 Å². The molecule has 134 valence electrons. The summed E-state index contributed by atoms with van der Waals surface area (Å²) in [5.74, 6) is 0.636. The Labute approximate surface area is 144 Å². The van der Waals surface area contributed by atoms with Crippen molar-refractivity contribution in [2.45, 2.75) is 30.3 Å². The number of ether oxygens (including phenoxy) is 1. The summed E-state index contributed by atoms with van der Waals surface area (Å²) >= 11 is 0. The molecule has 1 atom stereocenters. The zero-order valence-electron chi connectivity index (χ0n) is 13.3. The maximum atomic E-state index is 12.0. The van der Waals surface area contributed by atoms with Crippen molar-refractivity contribution in [1.82, 2.24) is 15.5 Å². The van der Waals surface area contributed by atoms with E-state index in [2.05, 4.69) is 15.5 Å². The maximum Gasteiger partial charge on any atom is 0.255 e. The van der Waals surface area contributed by atoms with Crippen LogP contribution in [0.1, 0.15) is 41.0 Å². The second-order valence-electron chi connectivity index (χ2n) is 5.63. The topological polar surface area (TPSA) is 137 Å². The molecule has 1 aliphatic rings. The third kappa shape index (κ3) is 4.41. The molecule has 0 radical (unpaired) electrons. The molecule has 1 saturated heterocycles. The van der Waals surface area contributed by atoms with Crippen LogP contribution in [0.15, 0.2) is 33.7 Å². The van der Waals surface area contributed by atoms with Gasteiger partial charge in [0.25, 0.3) is 11.8 Å². The Morgan fingerprint density at radius 2 is 2.08 bits per heavy atom. The minimum absolute atomic E-state index is 0.0440. The Balaban J connectivity index is 1.51. The normalized spacial score (nSPS) is 17.6. The number of carbonyl (C=O) groups is 1. The van der Waals surface area contributed by atoms with Crippen molar-refractivity contribution >= 4 is 15.9 Å². The van der Waals surface area contributed by atoms with Crippen molar-refractivity contribution in [2.75, 3.05) is 13.2 Å². The lowest BCUT2D eigenvalue weighted by atomic mass is 10.2. The van der Waals surface area contributed by atoms with Gasteiger partial charge in [-0.05, 0) is 37.1 Å². The molecule has 9 nitrogen and oxygen atoms in total. The molecule has 1 aromatic carbocycles. The fourth-order valence-corrected chi connectivity index (χ4v) is 2.97. The van der Waals surface area contributed by atoms with Crippen LogP contribution in [0.5, 0.6) is 0 Å². The van der Waals surface area contributed by atoms with Crippen molar-refractivity contribution in [3.63, 3.8) is 0 Å². The van der Waals surface area contributed by atoms with Crippen molar-refractivity contribution in [3.8, 4) is 0 Å². The summed E-state index contributed by atoms with van der Waals surface area (Å²) in [6, 6.07) is 5.38. The fourth-order valence-electron chi connectivity index (χ4n) is 2.46. The summed E-state index contributed by atoms with van der Waals surface area (Å²) in [6.45, 7) is 1.02. The molecule has 10 heteroatoms. The van der Waals surface area contributed by atoms with Crippen molar-refractivity contribution in [3.05, 3.63) is 41.5 Å². The van der Waals surface area contributed by atoms with Gasteiger partial charge in [0, 0.05) is 25.1 Å². The molecule has 0 saturated carbocycles. The molecule has 0 spiro atoms. The number of hydrogen-bond donors (Lipinski definition) is 2. The van der Waals surface area contributed by atoms with Crippen LogP contribution in [0.4, 0.5) is 0 Å². The van der Waals surface area contributed by atoms with Crippen LogP contribution in [0.25, 0.3) is 0 Å². The number of hydrogen-bond acceptors (Lipinski definition) is 7. The number of aromatic nitrogens is 2. The van der Waals surface area contributed by atoms with Crippen LogP contribution in [-0.4, -0.2) is 37.6 Å². The first-order valence-electron chi connectivity index (χ1n) is 7.78. The molecular weight excluding hydrogens is 348 g/mol. The van der Waals surface area contributed by atoms with Gasteiger partial charge in [-0.15, -0.1) is 0 Å². The zero-order valence-corrected chi connectivity index (χ0v) is 14.2. The van der Waals surface area contributed by atoms with Crippen molar-refractivity contribution in [2.24, 2.45) is 5.14 Å². The van der Waals surface area contributed by atoms with Gasteiger partial charge in [-0.1, -0.05) is 5.16 Å². The maximum absolute atomic E-state index is 12.0. The highest BCUT2D eigenvalue weighted by Crippen LogP contribution is 2.26. The Morgan fingerprint density at radius 1 is 1.32 bits per heavy atom. The number of nitrogens with zero attached hydrogens (tertiary/aromatic N) is 2. The predicted octanol–water partition coefficient (Wildman–Crippen LogP) is 0.541. The lowest BCUT2D eigenvalue weighted by molar-refractivity contribution is 0.0835. The number of nitrogens with one attached hydrogen (secondary N) is 1. The number of sulfonamides is 1. The molecule has 1 fully saturated rings. The number of amides is 1. The molecule has 1 aromatic heterocycles. The summed E-state index contributed by atoms with van der Waals surface area (Å²) in [6.07, 6.45) is 2.13. The number of nitrogens with two attached hydrogens (primary N) is 1. The lowest BCUT2D eigenvalue weighted by Crippen LogP contribution is -2.26. The van der Waals surface area contributed by atoms with Crippen LogP contribution in [0.3, 0.4) is 0 Å². The average molecular weight is 366 g/mol. The minimum Gasteiger partial charge on any atom is -0.368 e. The smallest absolute Gasteiger partial charge is 0.255 e. The van der Waals surface area contributed by atoms with Gasteiger partial charge in [-0.2, -0.15) is 4.98 Å². The summed E-state index contributed by atoms with van der Waals surface area (Å²) < 4.78 is 33.0. The second-order valence-corrected chi connectivity index (χ2v) is 7.19. The Bertz CT molecular complexity index is 841. The van der Waals surface area contributed by atoms with Gasteiger partial charge in [-0.3, -0.25) is 4.79 Å². The van der Waals surface area contributed by atoms with Crippen LogP contribution in [0, 0.1) is 0 Å². The highest BCUT2D eigenvalue weighted by Gasteiger charge is 2.23. The highest BCUT2D eigenvalue weighted by molar-refractivity contribution is 7.89. The van der Waals surface area contributed by atoms with Crippen LogP contribution in [0.2, 0.25) is 0 Å². The number of primary sulfonamides is 1. The van der Waals surface area contributed by atoms with E-state index >= 15 is 0 Å². The Morgan fingerprint density at radius 3 is 2.72 bits per heavy atom. The van der Waals surface area contributed by atoms with E-state index in [1.54, 1.807) is 0 Å². The molecule has 0 unspecified atom stereocenters. The predicted molar refractivity (Wildman–Crippen MR) is 86.1 cm³/mol. The van der Waals surface area contributed by atoms with Gasteiger partial charge in [0.15, 0.2) is 5.82 Å². The van der Waals surface area contributed by atoms with Gasteiger partial charge in [0.1, 0.15) is 6.10 Å². The molecular formula is C15H18N4O5S. The van der Waals surface area contributed by atoms with Crippen molar-refractivity contribution < 1.29 is 22.5 Å². The van der Waals surface area contributed by atoms with E-state index < -0.39 is 10.0 Å². The monoisotopic (exact) mass is 366 g/mol.